The van der Waals surface area contributed by atoms with E-state index in [1.54, 1.807) is 5.46 Å². The number of fused-ring (bicyclic) bond motifs is 3. The minimum atomic E-state index is -0.611. The molecule has 2 heterocycles. The lowest BCUT2D eigenvalue weighted by Crippen LogP contribution is -2.54. The molecule has 1 fully saturated rings. The summed E-state index contributed by atoms with van der Waals surface area (Å²) >= 11 is 0. The first-order valence-electron chi connectivity index (χ1n) is 16.9. The van der Waals surface area contributed by atoms with E-state index in [0.717, 1.165) is 19.1 Å². The second-order valence-corrected chi connectivity index (χ2v) is 24.4. The van der Waals surface area contributed by atoms with Crippen LogP contribution in [0.1, 0.15) is 84.1 Å². The zero-order valence-corrected chi connectivity index (χ0v) is 34.2. The maximum atomic E-state index is 2.51. The lowest BCUT2D eigenvalue weighted by molar-refractivity contribution is 0.330. The van der Waals surface area contributed by atoms with Crippen LogP contribution in [0.15, 0.2) is 54.6 Å². The Labute approximate surface area is 286 Å². The monoisotopic (exact) mass is 646 g/mol. The average molecular weight is 646 g/mol. The standard InChI is InChI=1S/C18H21BN2.2C4H12Si.5C2H6.2CH4.B/c1-20-12-11-19-15(13-20)14-21(16-7-3-2-4-8-16)18-10-6-5-9-17(18)19;2*1-5(2,3)4;5*1-2;;;/h2-10,15H,11-14H2,1H3;2*1-4H3;5*1-2H3;2*1H4;. The minimum absolute atomic E-state index is 0. The highest BCUT2D eigenvalue weighted by Gasteiger charge is 2.39. The molecule has 2 aliphatic rings. The molecule has 4 rings (SSSR count). The van der Waals surface area contributed by atoms with Gasteiger partial charge in [0.1, 0.15) is 0 Å². The molecule has 1 atom stereocenters. The van der Waals surface area contributed by atoms with Crippen LogP contribution < -0.4 is 10.4 Å². The zero-order valence-electron chi connectivity index (χ0n) is 32.2. The predicted molar refractivity (Wildman–Crippen MR) is 226 cm³/mol. The van der Waals surface area contributed by atoms with Crippen molar-refractivity contribution in [2.45, 2.75) is 149 Å². The van der Waals surface area contributed by atoms with Gasteiger partial charge in [-0.3, -0.25) is 0 Å². The number of hydrogen-bond acceptors (Lipinski definition) is 2. The van der Waals surface area contributed by atoms with E-state index in [1.807, 2.05) is 69.2 Å². The molecule has 0 saturated carbocycles. The molecule has 3 radical (unpaired) electrons. The Morgan fingerprint density at radius 2 is 0.955 bits per heavy atom. The third-order valence-corrected chi connectivity index (χ3v) is 5.05. The fourth-order valence-corrected chi connectivity index (χ4v) is 4.04. The fraction of sp³-hybridized carbons (Fsp3) is 0.684. The number of rotatable bonds is 1. The highest BCUT2D eigenvalue weighted by Crippen LogP contribution is 2.35. The molecule has 2 aliphatic heterocycles. The molecule has 0 aromatic heterocycles. The Hall–Kier alpha value is -1.24. The number of hydrogen-bond donors (Lipinski definition) is 0. The Bertz CT molecular complexity index is 782. The first kappa shape index (κ1) is 58.3. The summed E-state index contributed by atoms with van der Waals surface area (Å²) in [4.78, 5) is 4.99. The van der Waals surface area contributed by atoms with Gasteiger partial charge in [-0.15, -0.1) is 0 Å². The summed E-state index contributed by atoms with van der Waals surface area (Å²) in [6.07, 6.45) is 1.29. The van der Waals surface area contributed by atoms with Gasteiger partial charge in [0.05, 0.1) is 0 Å². The van der Waals surface area contributed by atoms with Gasteiger partial charge in [-0.25, -0.2) is 0 Å². The number of benzene rings is 2. The van der Waals surface area contributed by atoms with Crippen LogP contribution in [0.25, 0.3) is 0 Å². The van der Waals surface area contributed by atoms with E-state index in [-0.39, 0.29) is 23.3 Å². The molecule has 259 valence electrons. The van der Waals surface area contributed by atoms with Crippen molar-refractivity contribution in [3.05, 3.63) is 54.6 Å². The van der Waals surface area contributed by atoms with Crippen molar-refractivity contribution < 1.29 is 0 Å². The molecular formula is C38H83B2N2Si2. The van der Waals surface area contributed by atoms with Crippen LogP contribution in [-0.2, 0) is 0 Å². The molecule has 1 unspecified atom stereocenters. The predicted octanol–water partition coefficient (Wildman–Crippen LogP) is 12.8. The lowest BCUT2D eigenvalue weighted by Gasteiger charge is -2.44. The van der Waals surface area contributed by atoms with E-state index in [9.17, 15) is 0 Å². The van der Waals surface area contributed by atoms with Crippen LogP contribution in [0.3, 0.4) is 0 Å². The van der Waals surface area contributed by atoms with Gasteiger partial charge in [0.25, 0.3) is 0 Å². The highest BCUT2D eigenvalue weighted by molar-refractivity contribution is 6.77. The number of anilines is 2. The molecule has 44 heavy (non-hydrogen) atoms. The molecule has 2 aromatic carbocycles. The van der Waals surface area contributed by atoms with Gasteiger partial charge >= 0.3 is 0 Å². The van der Waals surface area contributed by atoms with E-state index in [0.29, 0.717) is 0 Å². The van der Waals surface area contributed by atoms with Crippen LogP contribution in [0, 0.1) is 0 Å². The van der Waals surface area contributed by atoms with Gasteiger partial charge in [-0.05, 0) is 44.2 Å². The van der Waals surface area contributed by atoms with Crippen LogP contribution in [0.2, 0.25) is 64.5 Å². The van der Waals surface area contributed by atoms with Crippen molar-refractivity contribution in [1.29, 1.82) is 0 Å². The summed E-state index contributed by atoms with van der Waals surface area (Å²) in [6.45, 7) is 42.9. The van der Waals surface area contributed by atoms with Crippen molar-refractivity contribution in [2.24, 2.45) is 0 Å². The van der Waals surface area contributed by atoms with Gasteiger partial charge < -0.3 is 9.80 Å². The van der Waals surface area contributed by atoms with Gasteiger partial charge in [-0.1, -0.05) is 185 Å². The van der Waals surface area contributed by atoms with Crippen molar-refractivity contribution in [3.8, 4) is 0 Å². The van der Waals surface area contributed by atoms with Crippen LogP contribution >= 0.6 is 0 Å². The van der Waals surface area contributed by atoms with Gasteiger partial charge in [0.2, 0.25) is 0 Å². The Morgan fingerprint density at radius 3 is 1.36 bits per heavy atom. The summed E-state index contributed by atoms with van der Waals surface area (Å²) in [6, 6.07) is 19.8. The van der Waals surface area contributed by atoms with Crippen LogP contribution in [0.5, 0.6) is 0 Å². The second-order valence-electron chi connectivity index (χ2n) is 12.4. The molecule has 0 bridgehead atoms. The highest BCUT2D eigenvalue weighted by atomic mass is 28.3. The van der Waals surface area contributed by atoms with Crippen molar-refractivity contribution in [3.63, 3.8) is 0 Å². The van der Waals surface area contributed by atoms with Gasteiger partial charge in [-0.2, -0.15) is 0 Å². The summed E-state index contributed by atoms with van der Waals surface area (Å²) in [7, 11) is 1.03. The smallest absolute Gasteiger partial charge is 0.186 e. The molecule has 6 heteroatoms. The fourth-order valence-electron chi connectivity index (χ4n) is 4.04. The summed E-state index contributed by atoms with van der Waals surface area (Å²) < 4.78 is 0. The maximum absolute atomic E-state index is 2.51. The summed E-state index contributed by atoms with van der Waals surface area (Å²) in [5.41, 5.74) is 4.27. The topological polar surface area (TPSA) is 6.48 Å². The van der Waals surface area contributed by atoms with E-state index in [2.05, 4.69) is 124 Å². The summed E-state index contributed by atoms with van der Waals surface area (Å²) in [5, 5.41) is 0. The van der Waals surface area contributed by atoms with E-state index in [1.165, 1.54) is 30.8 Å². The van der Waals surface area contributed by atoms with E-state index < -0.39 is 16.1 Å². The second kappa shape index (κ2) is 34.6. The largest absolute Gasteiger partial charge is 0.342 e. The molecule has 2 nitrogen and oxygen atoms in total. The molecule has 0 amide bonds. The molecule has 2 aromatic rings. The third kappa shape index (κ3) is 29.5. The van der Waals surface area contributed by atoms with E-state index >= 15 is 0 Å². The third-order valence-electron chi connectivity index (χ3n) is 5.05. The Morgan fingerprint density at radius 1 is 0.591 bits per heavy atom. The number of nitrogens with zero attached hydrogens (tertiary/aromatic N) is 2. The SMILES string of the molecule is C.C.CC.CC.CC.CC.CC.CN1CCB2c3ccccc3N(c3ccccc3)CC2C1.C[Si](C)(C)C.C[Si](C)(C)C.[B]. The normalized spacial score (nSPS) is 13.8. The van der Waals surface area contributed by atoms with Crippen molar-refractivity contribution in [2.75, 3.05) is 31.6 Å². The van der Waals surface area contributed by atoms with Gasteiger partial charge in [0, 0.05) is 42.5 Å². The van der Waals surface area contributed by atoms with Crippen molar-refractivity contribution in [1.82, 2.24) is 4.90 Å². The van der Waals surface area contributed by atoms with Gasteiger partial charge in [0.15, 0.2) is 6.71 Å². The first-order chi connectivity index (χ1) is 19.3. The average Bonchev–Trinajstić information content (AvgIpc) is 2.96. The Kier molecular flexibility index (Phi) is 45.9. The van der Waals surface area contributed by atoms with Crippen LogP contribution in [0.4, 0.5) is 11.4 Å². The molecule has 0 aliphatic carbocycles. The maximum Gasteiger partial charge on any atom is 0.186 e. The van der Waals surface area contributed by atoms with Crippen molar-refractivity contribution >= 4 is 48.1 Å². The lowest BCUT2D eigenvalue weighted by atomic mass is 9.32. The summed E-state index contributed by atoms with van der Waals surface area (Å²) in [5.74, 6) is 0.735. The quantitative estimate of drug-likeness (QED) is 0.285. The minimum Gasteiger partial charge on any atom is -0.342 e. The molecule has 0 spiro atoms. The molecular weight excluding hydrogens is 562 g/mol. The van der Waals surface area contributed by atoms with E-state index in [4.69, 9.17) is 0 Å². The number of para-hydroxylation sites is 2. The molecule has 1 saturated heterocycles. The zero-order chi connectivity index (χ0) is 33.2. The van der Waals surface area contributed by atoms with Crippen LogP contribution in [-0.4, -0.2) is 62.9 Å². The Balaban J connectivity index is -0.000000101. The molecule has 0 N–H and O–H groups in total. The first-order valence-corrected chi connectivity index (χ1v) is 24.9.